The summed E-state index contributed by atoms with van der Waals surface area (Å²) in [5.41, 5.74) is 3.58. The molecule has 0 saturated heterocycles. The van der Waals surface area contributed by atoms with Crippen LogP contribution in [0.2, 0.25) is 0 Å². The summed E-state index contributed by atoms with van der Waals surface area (Å²) in [7, 11) is 1.67. The number of aromatic nitrogens is 2. The quantitative estimate of drug-likeness (QED) is 0.484. The molecule has 0 fully saturated rings. The van der Waals surface area contributed by atoms with Crippen LogP contribution in [0.3, 0.4) is 0 Å². The molecule has 26 heavy (non-hydrogen) atoms. The van der Waals surface area contributed by atoms with Crippen LogP contribution in [0, 0.1) is 18.6 Å². The third-order valence-corrected chi connectivity index (χ3v) is 4.71. The number of nitrogens with zero attached hydrogens (tertiary/aromatic N) is 1. The molecule has 0 aliphatic rings. The van der Waals surface area contributed by atoms with E-state index in [1.54, 1.807) is 20.2 Å². The van der Waals surface area contributed by atoms with E-state index in [2.05, 4.69) is 15.3 Å². The summed E-state index contributed by atoms with van der Waals surface area (Å²) >= 11 is 0. The van der Waals surface area contributed by atoms with E-state index in [1.807, 2.05) is 30.3 Å². The highest BCUT2D eigenvalue weighted by Crippen LogP contribution is 2.33. The maximum atomic E-state index is 13.9. The van der Waals surface area contributed by atoms with Crippen molar-refractivity contribution in [3.63, 3.8) is 0 Å². The predicted octanol–water partition coefficient (Wildman–Crippen LogP) is 4.18. The maximum absolute atomic E-state index is 13.9. The van der Waals surface area contributed by atoms with Crippen molar-refractivity contribution < 1.29 is 13.9 Å². The first kappa shape index (κ1) is 16.6. The number of pyridine rings is 1. The van der Waals surface area contributed by atoms with Crippen LogP contribution in [0.25, 0.3) is 33.1 Å². The third-order valence-electron chi connectivity index (χ3n) is 4.71. The highest BCUT2D eigenvalue weighted by molar-refractivity contribution is 5.97. The first-order chi connectivity index (χ1) is 12.5. The van der Waals surface area contributed by atoms with Gasteiger partial charge in [-0.2, -0.15) is 0 Å². The normalized spacial score (nSPS) is 12.8. The Kier molecular flexibility index (Phi) is 3.94. The maximum Gasteiger partial charge on any atom is 0.163 e. The fourth-order valence-corrected chi connectivity index (χ4v) is 3.31. The molecular weight excluding hydrogens is 336 g/mol. The van der Waals surface area contributed by atoms with Crippen LogP contribution in [0.5, 0.6) is 0 Å². The van der Waals surface area contributed by atoms with E-state index < -0.39 is 17.9 Å². The smallest absolute Gasteiger partial charge is 0.163 e. The van der Waals surface area contributed by atoms with Crippen LogP contribution in [0.4, 0.5) is 8.78 Å². The Morgan fingerprint density at radius 2 is 1.96 bits per heavy atom. The number of aromatic amines is 1. The zero-order valence-corrected chi connectivity index (χ0v) is 14.3. The molecule has 4 rings (SSSR count). The lowest BCUT2D eigenvalue weighted by molar-refractivity contribution is 0.151. The predicted molar refractivity (Wildman–Crippen MR) is 97.7 cm³/mol. The minimum absolute atomic E-state index is 0.242. The van der Waals surface area contributed by atoms with Gasteiger partial charge in [-0.3, -0.25) is 5.32 Å². The topological polar surface area (TPSA) is 60.9 Å². The van der Waals surface area contributed by atoms with E-state index >= 15 is 0 Å². The van der Waals surface area contributed by atoms with Gasteiger partial charge in [-0.15, -0.1) is 0 Å². The molecule has 0 bridgehead atoms. The van der Waals surface area contributed by atoms with Gasteiger partial charge in [0, 0.05) is 33.7 Å². The van der Waals surface area contributed by atoms with Crippen molar-refractivity contribution in [2.24, 2.45) is 0 Å². The number of fused-ring (bicyclic) bond motifs is 2. The van der Waals surface area contributed by atoms with E-state index in [4.69, 9.17) is 0 Å². The van der Waals surface area contributed by atoms with E-state index in [0.717, 1.165) is 10.9 Å². The average molecular weight is 353 g/mol. The molecule has 3 N–H and O–H groups in total. The summed E-state index contributed by atoms with van der Waals surface area (Å²) in [6.45, 7) is 1.54. The Labute approximate surface area is 148 Å². The van der Waals surface area contributed by atoms with Crippen molar-refractivity contribution in [2.45, 2.75) is 13.2 Å². The molecule has 0 aliphatic heterocycles. The zero-order valence-electron chi connectivity index (χ0n) is 14.3. The molecule has 0 spiro atoms. The Morgan fingerprint density at radius 3 is 2.73 bits per heavy atom. The molecule has 6 heteroatoms. The molecule has 0 saturated carbocycles. The summed E-state index contributed by atoms with van der Waals surface area (Å²) in [5.74, 6) is -1.72. The summed E-state index contributed by atoms with van der Waals surface area (Å²) in [4.78, 5) is 7.66. The SMILES string of the molecule is CNC(O)c1cccc2nc(-c3c[nH]c4c(C)c(F)c(F)cc34)ccc12. The first-order valence-corrected chi connectivity index (χ1v) is 8.22. The van der Waals surface area contributed by atoms with Crippen LogP contribution in [-0.2, 0) is 0 Å². The second kappa shape index (κ2) is 6.16. The standard InChI is InChI=1S/C20H17F2N3O/c1-10-18(22)15(21)8-13-14(9-24-19(10)13)17-7-6-11-12(20(26)23-2)4-3-5-16(11)25-17/h3-9,20,23-24,26H,1-2H3. The lowest BCUT2D eigenvalue weighted by Crippen LogP contribution is -2.15. The van der Waals surface area contributed by atoms with Crippen LogP contribution < -0.4 is 5.32 Å². The molecule has 1 unspecified atom stereocenters. The first-order valence-electron chi connectivity index (χ1n) is 8.22. The fraction of sp³-hybridized carbons (Fsp3) is 0.150. The van der Waals surface area contributed by atoms with Crippen LogP contribution in [0.15, 0.2) is 42.6 Å². The monoisotopic (exact) mass is 353 g/mol. The van der Waals surface area contributed by atoms with Gasteiger partial charge in [0.2, 0.25) is 0 Å². The highest BCUT2D eigenvalue weighted by Gasteiger charge is 2.16. The van der Waals surface area contributed by atoms with Gasteiger partial charge in [0.25, 0.3) is 0 Å². The Morgan fingerprint density at radius 1 is 1.15 bits per heavy atom. The number of rotatable bonds is 3. The summed E-state index contributed by atoms with van der Waals surface area (Å²) in [6, 6.07) is 10.4. The number of benzene rings is 2. The van der Waals surface area contributed by atoms with Crippen LogP contribution >= 0.6 is 0 Å². The molecule has 0 aliphatic carbocycles. The lowest BCUT2D eigenvalue weighted by atomic mass is 10.0. The van der Waals surface area contributed by atoms with Gasteiger partial charge in [-0.1, -0.05) is 18.2 Å². The van der Waals surface area contributed by atoms with Gasteiger partial charge in [0.05, 0.1) is 16.7 Å². The van der Waals surface area contributed by atoms with E-state index in [-0.39, 0.29) is 5.56 Å². The van der Waals surface area contributed by atoms with Crippen molar-refractivity contribution in [1.82, 2.24) is 15.3 Å². The second-order valence-corrected chi connectivity index (χ2v) is 6.22. The number of aliphatic hydroxyl groups excluding tert-OH is 1. The van der Waals surface area contributed by atoms with Crippen LogP contribution in [0.1, 0.15) is 17.4 Å². The number of halogens is 2. The molecule has 2 heterocycles. The van der Waals surface area contributed by atoms with Gasteiger partial charge in [-0.05, 0) is 32.2 Å². The van der Waals surface area contributed by atoms with Crippen molar-refractivity contribution in [1.29, 1.82) is 0 Å². The lowest BCUT2D eigenvalue weighted by Gasteiger charge is -2.13. The molecule has 2 aromatic carbocycles. The molecule has 4 aromatic rings. The average Bonchev–Trinajstić information content (AvgIpc) is 3.08. The number of H-pyrrole nitrogens is 1. The van der Waals surface area contributed by atoms with Crippen molar-refractivity contribution in [2.75, 3.05) is 7.05 Å². The Balaban J connectivity index is 1.92. The number of aliphatic hydroxyl groups is 1. The number of hydrogen-bond donors (Lipinski definition) is 3. The Bertz CT molecular complexity index is 1140. The second-order valence-electron chi connectivity index (χ2n) is 6.22. The summed E-state index contributed by atoms with van der Waals surface area (Å²) in [6.07, 6.45) is 0.913. The summed E-state index contributed by atoms with van der Waals surface area (Å²) in [5, 5.41) is 14.3. The van der Waals surface area contributed by atoms with Gasteiger partial charge in [0.15, 0.2) is 11.6 Å². The fourth-order valence-electron chi connectivity index (χ4n) is 3.31. The number of hydrogen-bond acceptors (Lipinski definition) is 3. The minimum Gasteiger partial charge on any atom is -0.374 e. The van der Waals surface area contributed by atoms with Gasteiger partial charge >= 0.3 is 0 Å². The molecular formula is C20H17F2N3O. The Hall–Kier alpha value is -2.83. The van der Waals surface area contributed by atoms with Crippen molar-refractivity contribution in [3.8, 4) is 11.3 Å². The largest absolute Gasteiger partial charge is 0.374 e. The molecule has 0 amide bonds. The number of aryl methyl sites for hydroxylation is 1. The van der Waals surface area contributed by atoms with E-state index in [9.17, 15) is 13.9 Å². The van der Waals surface area contributed by atoms with Crippen molar-refractivity contribution in [3.05, 3.63) is 65.4 Å². The van der Waals surface area contributed by atoms with E-state index in [0.29, 0.717) is 27.7 Å². The van der Waals surface area contributed by atoms with Crippen LogP contribution in [-0.4, -0.2) is 22.1 Å². The summed E-state index contributed by atoms with van der Waals surface area (Å²) < 4.78 is 27.7. The van der Waals surface area contributed by atoms with E-state index in [1.165, 1.54) is 6.07 Å². The van der Waals surface area contributed by atoms with Crippen molar-refractivity contribution >= 4 is 21.8 Å². The zero-order chi connectivity index (χ0) is 18.4. The third kappa shape index (κ3) is 2.46. The minimum atomic E-state index is -0.879. The van der Waals surface area contributed by atoms with Gasteiger partial charge in [0.1, 0.15) is 6.23 Å². The molecule has 4 nitrogen and oxygen atoms in total. The molecule has 0 radical (unpaired) electrons. The molecule has 1 atom stereocenters. The molecule has 132 valence electrons. The van der Waals surface area contributed by atoms with Gasteiger partial charge in [-0.25, -0.2) is 13.8 Å². The number of nitrogens with one attached hydrogen (secondary N) is 2. The highest BCUT2D eigenvalue weighted by atomic mass is 19.2. The molecule has 2 aromatic heterocycles. The van der Waals surface area contributed by atoms with Gasteiger partial charge < -0.3 is 10.1 Å².